The van der Waals surface area contributed by atoms with Crippen molar-refractivity contribution < 1.29 is 15.0 Å². The fraction of sp³-hybridized carbons (Fsp3) is 0.533. The molecule has 0 saturated heterocycles. The predicted molar refractivity (Wildman–Crippen MR) is 79.1 cm³/mol. The summed E-state index contributed by atoms with van der Waals surface area (Å²) in [5.74, 6) is -1.65. The van der Waals surface area contributed by atoms with Crippen LogP contribution in [0.15, 0.2) is 28.7 Å². The second kappa shape index (κ2) is 7.06. The van der Waals surface area contributed by atoms with Crippen LogP contribution in [-0.4, -0.2) is 21.8 Å². The molecule has 0 aliphatic carbocycles. The Labute approximate surface area is 122 Å². The Bertz CT molecular complexity index is 412. The minimum atomic E-state index is -1.23. The van der Waals surface area contributed by atoms with Gasteiger partial charge in [-0.1, -0.05) is 47.8 Å². The van der Waals surface area contributed by atoms with Crippen molar-refractivity contribution in [2.75, 3.05) is 0 Å². The van der Waals surface area contributed by atoms with Crippen molar-refractivity contribution in [1.82, 2.24) is 0 Å². The predicted octanol–water partition coefficient (Wildman–Crippen LogP) is 3.63. The van der Waals surface area contributed by atoms with Gasteiger partial charge in [0.1, 0.15) is 0 Å². The van der Waals surface area contributed by atoms with Crippen molar-refractivity contribution in [3.05, 3.63) is 34.3 Å². The van der Waals surface area contributed by atoms with E-state index in [1.54, 1.807) is 6.92 Å². The molecule has 4 heteroatoms. The maximum Gasteiger partial charge on any atom is 0.309 e. The Morgan fingerprint density at radius 2 is 1.95 bits per heavy atom. The van der Waals surface area contributed by atoms with Gasteiger partial charge in [0.2, 0.25) is 0 Å². The van der Waals surface area contributed by atoms with Crippen LogP contribution in [-0.2, 0) is 11.2 Å². The van der Waals surface area contributed by atoms with E-state index in [1.165, 1.54) is 0 Å². The van der Waals surface area contributed by atoms with E-state index in [1.807, 2.05) is 31.2 Å². The summed E-state index contributed by atoms with van der Waals surface area (Å²) in [6, 6.07) is 7.59. The third-order valence-electron chi connectivity index (χ3n) is 3.37. The molecular formula is C15H21BrO3. The highest BCUT2D eigenvalue weighted by molar-refractivity contribution is 9.10. The van der Waals surface area contributed by atoms with Crippen LogP contribution in [0.5, 0.6) is 0 Å². The Kier molecular flexibility index (Phi) is 6.01. The van der Waals surface area contributed by atoms with E-state index >= 15 is 0 Å². The monoisotopic (exact) mass is 328 g/mol. The molecule has 2 unspecified atom stereocenters. The summed E-state index contributed by atoms with van der Waals surface area (Å²) in [4.78, 5) is 11.3. The van der Waals surface area contributed by atoms with Crippen LogP contribution < -0.4 is 0 Å². The Hall–Kier alpha value is -0.870. The van der Waals surface area contributed by atoms with Gasteiger partial charge in [-0.2, -0.15) is 0 Å². The van der Waals surface area contributed by atoms with Gasteiger partial charge in [0.15, 0.2) is 0 Å². The van der Waals surface area contributed by atoms with Crippen LogP contribution in [0, 0.1) is 5.92 Å². The molecule has 0 aliphatic rings. The number of hydrogen-bond acceptors (Lipinski definition) is 2. The van der Waals surface area contributed by atoms with Crippen LogP contribution in [0.3, 0.4) is 0 Å². The van der Waals surface area contributed by atoms with E-state index in [2.05, 4.69) is 15.9 Å². The molecule has 19 heavy (non-hydrogen) atoms. The molecule has 0 aromatic heterocycles. The number of carboxylic acid groups (broad SMARTS) is 1. The van der Waals surface area contributed by atoms with Gasteiger partial charge in [-0.05, 0) is 31.0 Å². The first-order valence-corrected chi connectivity index (χ1v) is 7.35. The summed E-state index contributed by atoms with van der Waals surface area (Å²) in [5, 5.41) is 19.8. The second-order valence-electron chi connectivity index (χ2n) is 5.19. The molecule has 0 spiro atoms. The number of benzene rings is 1. The Morgan fingerprint density at radius 1 is 1.37 bits per heavy atom. The highest BCUT2D eigenvalue weighted by Gasteiger charge is 2.36. The van der Waals surface area contributed by atoms with E-state index < -0.39 is 17.5 Å². The zero-order valence-electron chi connectivity index (χ0n) is 11.4. The van der Waals surface area contributed by atoms with Crippen molar-refractivity contribution in [2.45, 2.75) is 45.1 Å². The number of halogens is 1. The van der Waals surface area contributed by atoms with Crippen molar-refractivity contribution in [2.24, 2.45) is 5.92 Å². The largest absolute Gasteiger partial charge is 0.481 e. The van der Waals surface area contributed by atoms with E-state index in [0.717, 1.165) is 22.9 Å². The van der Waals surface area contributed by atoms with Crippen LogP contribution in [0.25, 0.3) is 0 Å². The van der Waals surface area contributed by atoms with Gasteiger partial charge in [-0.25, -0.2) is 0 Å². The first-order valence-electron chi connectivity index (χ1n) is 6.56. The van der Waals surface area contributed by atoms with E-state index in [4.69, 9.17) is 0 Å². The Balaban J connectivity index is 2.81. The smallest absolute Gasteiger partial charge is 0.309 e. The summed E-state index contributed by atoms with van der Waals surface area (Å²) in [7, 11) is 0. The van der Waals surface area contributed by atoms with E-state index in [9.17, 15) is 15.0 Å². The first-order chi connectivity index (χ1) is 8.86. The maximum atomic E-state index is 11.3. The van der Waals surface area contributed by atoms with Crippen LogP contribution in [0.2, 0.25) is 0 Å². The lowest BCUT2D eigenvalue weighted by Gasteiger charge is -2.30. The standard InChI is InChI=1S/C15H21BrO3/c1-3-4-5-13(14(17)18)15(2,19)10-11-6-8-12(16)9-7-11/h6-9,13,19H,3-5,10H2,1-2H3,(H,17,18). The van der Waals surface area contributed by atoms with Gasteiger partial charge in [-0.3, -0.25) is 4.79 Å². The number of aliphatic carboxylic acids is 1. The maximum absolute atomic E-state index is 11.3. The summed E-state index contributed by atoms with van der Waals surface area (Å²) in [6.45, 7) is 3.63. The van der Waals surface area contributed by atoms with Gasteiger partial charge >= 0.3 is 5.97 Å². The number of carboxylic acids is 1. The van der Waals surface area contributed by atoms with Crippen LogP contribution >= 0.6 is 15.9 Å². The summed E-state index contributed by atoms with van der Waals surface area (Å²) < 4.78 is 0.969. The molecular weight excluding hydrogens is 308 g/mol. The first kappa shape index (κ1) is 16.2. The minimum Gasteiger partial charge on any atom is -0.481 e. The Morgan fingerprint density at radius 3 is 2.42 bits per heavy atom. The third kappa shape index (κ3) is 4.96. The van der Waals surface area contributed by atoms with Gasteiger partial charge in [-0.15, -0.1) is 0 Å². The summed E-state index contributed by atoms with van der Waals surface area (Å²) >= 11 is 3.35. The third-order valence-corrected chi connectivity index (χ3v) is 3.90. The SMILES string of the molecule is CCCCC(C(=O)O)C(C)(O)Cc1ccc(Br)cc1. The quantitative estimate of drug-likeness (QED) is 0.803. The molecule has 106 valence electrons. The average Bonchev–Trinajstić information content (AvgIpc) is 2.31. The highest BCUT2D eigenvalue weighted by atomic mass is 79.9. The van der Waals surface area contributed by atoms with Crippen molar-refractivity contribution in [3.63, 3.8) is 0 Å². The van der Waals surface area contributed by atoms with Crippen molar-refractivity contribution in [3.8, 4) is 0 Å². The molecule has 0 amide bonds. The fourth-order valence-electron chi connectivity index (χ4n) is 2.25. The number of rotatable bonds is 7. The highest BCUT2D eigenvalue weighted by Crippen LogP contribution is 2.27. The molecule has 1 aromatic rings. The summed E-state index contributed by atoms with van der Waals surface area (Å²) in [6.07, 6.45) is 2.60. The van der Waals surface area contributed by atoms with Crippen LogP contribution in [0.1, 0.15) is 38.7 Å². The van der Waals surface area contributed by atoms with Gasteiger partial charge in [0.25, 0.3) is 0 Å². The normalized spacial score (nSPS) is 15.8. The zero-order valence-corrected chi connectivity index (χ0v) is 13.0. The van der Waals surface area contributed by atoms with Gasteiger partial charge in [0.05, 0.1) is 11.5 Å². The lowest BCUT2D eigenvalue weighted by atomic mass is 9.81. The fourth-order valence-corrected chi connectivity index (χ4v) is 2.51. The zero-order chi connectivity index (χ0) is 14.5. The van der Waals surface area contributed by atoms with E-state index in [0.29, 0.717) is 12.8 Å². The molecule has 0 bridgehead atoms. The lowest BCUT2D eigenvalue weighted by molar-refractivity contribution is -0.151. The number of unbranched alkanes of at least 4 members (excludes halogenated alkanes) is 1. The summed E-state index contributed by atoms with van der Waals surface area (Å²) in [5.41, 5.74) is -0.287. The molecule has 2 atom stereocenters. The topological polar surface area (TPSA) is 57.5 Å². The molecule has 2 N–H and O–H groups in total. The molecule has 0 radical (unpaired) electrons. The average molecular weight is 329 g/mol. The molecule has 0 fully saturated rings. The molecule has 0 saturated carbocycles. The number of hydrogen-bond donors (Lipinski definition) is 2. The second-order valence-corrected chi connectivity index (χ2v) is 6.11. The molecule has 3 nitrogen and oxygen atoms in total. The molecule has 0 aliphatic heterocycles. The van der Waals surface area contributed by atoms with Gasteiger partial charge in [0, 0.05) is 10.9 Å². The van der Waals surface area contributed by atoms with Crippen LogP contribution in [0.4, 0.5) is 0 Å². The van der Waals surface area contributed by atoms with Gasteiger partial charge < -0.3 is 10.2 Å². The molecule has 1 aromatic carbocycles. The lowest BCUT2D eigenvalue weighted by Crippen LogP contribution is -2.41. The van der Waals surface area contributed by atoms with E-state index in [-0.39, 0.29) is 0 Å². The molecule has 1 rings (SSSR count). The minimum absolute atomic E-state index is 0.348. The number of aliphatic hydroxyl groups is 1. The number of carbonyl (C=O) groups is 1. The molecule has 0 heterocycles. The van der Waals surface area contributed by atoms with Crippen molar-refractivity contribution in [1.29, 1.82) is 0 Å². The van der Waals surface area contributed by atoms with Crippen molar-refractivity contribution >= 4 is 21.9 Å².